The lowest BCUT2D eigenvalue weighted by molar-refractivity contribution is 0.223. The Balaban J connectivity index is 0.000000354. The Morgan fingerprint density at radius 2 is 1.75 bits per heavy atom. The number of nitrogens with two attached hydrogens (primary N) is 1. The third-order valence-corrected chi connectivity index (χ3v) is 2.08. The number of alkyl halides is 1. The molecule has 1 aliphatic rings. The molecule has 1 saturated heterocycles. The molecule has 0 spiro atoms. The van der Waals surface area contributed by atoms with E-state index in [-0.39, 0.29) is 0 Å². The largest absolute Gasteiger partial charge is 0.328 e. The van der Waals surface area contributed by atoms with Gasteiger partial charge in [-0.3, -0.25) is 0 Å². The first-order valence-electron chi connectivity index (χ1n) is 4.78. The predicted octanol–water partition coefficient (Wildman–Crippen LogP) is 1.87. The molecular weight excluding hydrogens is 263 g/mol. The van der Waals surface area contributed by atoms with Gasteiger partial charge in [0.2, 0.25) is 0 Å². The molecule has 1 aliphatic heterocycles. The van der Waals surface area contributed by atoms with Gasteiger partial charge >= 0.3 is 0 Å². The molecule has 0 amide bonds. The highest BCUT2D eigenvalue weighted by molar-refractivity contribution is 14.1. The van der Waals surface area contributed by atoms with Gasteiger partial charge in [0, 0.05) is 6.04 Å². The van der Waals surface area contributed by atoms with Crippen molar-refractivity contribution in [2.45, 2.75) is 32.7 Å². The average Bonchev–Trinajstić information content (AvgIpc) is 2.07. The summed E-state index contributed by atoms with van der Waals surface area (Å²) in [5, 5.41) is 0. The van der Waals surface area contributed by atoms with Crippen LogP contribution >= 0.6 is 22.6 Å². The average molecular weight is 284 g/mol. The van der Waals surface area contributed by atoms with E-state index in [2.05, 4.69) is 41.3 Å². The van der Waals surface area contributed by atoms with Gasteiger partial charge in [0.1, 0.15) is 0 Å². The van der Waals surface area contributed by atoms with Crippen LogP contribution in [0.4, 0.5) is 0 Å². The molecule has 2 nitrogen and oxygen atoms in total. The highest BCUT2D eigenvalue weighted by Gasteiger charge is 2.13. The summed E-state index contributed by atoms with van der Waals surface area (Å²) in [5.41, 5.74) is 5.72. The van der Waals surface area contributed by atoms with Gasteiger partial charge in [0.15, 0.2) is 0 Å². The molecule has 12 heavy (non-hydrogen) atoms. The molecule has 0 aromatic carbocycles. The fourth-order valence-corrected chi connectivity index (χ4v) is 1.27. The SMILES string of the molecule is CCI.CCN1CCC(N)CC1. The van der Waals surface area contributed by atoms with Crippen molar-refractivity contribution < 1.29 is 0 Å². The standard InChI is InChI=1S/C7H16N2.C2H5I/c1-2-9-5-3-7(8)4-6-9;1-2-3/h7H,2-6,8H2,1H3;2H2,1H3. The lowest BCUT2D eigenvalue weighted by atomic mass is 10.1. The minimum atomic E-state index is 0.479. The number of hydrogen-bond acceptors (Lipinski definition) is 2. The summed E-state index contributed by atoms with van der Waals surface area (Å²) < 4.78 is 1.22. The van der Waals surface area contributed by atoms with Crippen LogP contribution < -0.4 is 5.73 Å². The second kappa shape index (κ2) is 8.26. The van der Waals surface area contributed by atoms with Crippen molar-refractivity contribution in [2.24, 2.45) is 5.73 Å². The number of likely N-dealkylation sites (tertiary alicyclic amines) is 1. The van der Waals surface area contributed by atoms with Crippen molar-refractivity contribution in [3.63, 3.8) is 0 Å². The lowest BCUT2D eigenvalue weighted by Gasteiger charge is -2.28. The van der Waals surface area contributed by atoms with Crippen LogP contribution in [0.5, 0.6) is 0 Å². The van der Waals surface area contributed by atoms with E-state index in [1.54, 1.807) is 0 Å². The maximum Gasteiger partial charge on any atom is 0.00631 e. The van der Waals surface area contributed by atoms with Gasteiger partial charge in [0.05, 0.1) is 0 Å². The third kappa shape index (κ3) is 6.20. The van der Waals surface area contributed by atoms with Crippen LogP contribution in [0, 0.1) is 0 Å². The quantitative estimate of drug-likeness (QED) is 0.588. The van der Waals surface area contributed by atoms with Crippen LogP contribution in [-0.2, 0) is 0 Å². The molecule has 0 aliphatic carbocycles. The topological polar surface area (TPSA) is 29.3 Å². The van der Waals surface area contributed by atoms with Crippen molar-refractivity contribution in [2.75, 3.05) is 24.1 Å². The number of piperidine rings is 1. The third-order valence-electron chi connectivity index (χ3n) is 2.08. The van der Waals surface area contributed by atoms with E-state index < -0.39 is 0 Å². The molecule has 0 unspecified atom stereocenters. The number of halogens is 1. The second-order valence-electron chi connectivity index (χ2n) is 3.04. The highest BCUT2D eigenvalue weighted by atomic mass is 127. The molecule has 1 rings (SSSR count). The second-order valence-corrected chi connectivity index (χ2v) is 4.56. The van der Waals surface area contributed by atoms with Crippen LogP contribution in [0.25, 0.3) is 0 Å². The number of hydrogen-bond donors (Lipinski definition) is 1. The molecule has 74 valence electrons. The van der Waals surface area contributed by atoms with Gasteiger partial charge in [-0.25, -0.2) is 0 Å². The Kier molecular flexibility index (Phi) is 8.70. The Morgan fingerprint density at radius 1 is 1.33 bits per heavy atom. The van der Waals surface area contributed by atoms with E-state index in [1.165, 1.54) is 36.9 Å². The first-order valence-corrected chi connectivity index (χ1v) is 6.31. The summed E-state index contributed by atoms with van der Waals surface area (Å²) in [6, 6.07) is 0.479. The summed E-state index contributed by atoms with van der Waals surface area (Å²) in [4.78, 5) is 2.45. The van der Waals surface area contributed by atoms with E-state index in [4.69, 9.17) is 5.73 Å². The van der Waals surface area contributed by atoms with Gasteiger partial charge in [-0.05, 0) is 36.9 Å². The number of nitrogens with zero attached hydrogens (tertiary/aromatic N) is 1. The van der Waals surface area contributed by atoms with E-state index in [0.717, 1.165) is 0 Å². The minimum Gasteiger partial charge on any atom is -0.328 e. The zero-order valence-corrected chi connectivity index (χ0v) is 10.4. The van der Waals surface area contributed by atoms with Crippen molar-refractivity contribution in [1.29, 1.82) is 0 Å². The van der Waals surface area contributed by atoms with Crippen molar-refractivity contribution in [1.82, 2.24) is 4.90 Å². The molecule has 2 N–H and O–H groups in total. The number of rotatable bonds is 1. The molecule has 0 aromatic rings. The van der Waals surface area contributed by atoms with Crippen LogP contribution in [0.15, 0.2) is 0 Å². The fourth-order valence-electron chi connectivity index (χ4n) is 1.27. The molecule has 1 fully saturated rings. The molecule has 0 saturated carbocycles. The Bertz CT molecular complexity index is 90.5. The van der Waals surface area contributed by atoms with Gasteiger partial charge < -0.3 is 10.6 Å². The Hall–Kier alpha value is 0.650. The smallest absolute Gasteiger partial charge is 0.00631 e. The highest BCUT2D eigenvalue weighted by Crippen LogP contribution is 2.06. The van der Waals surface area contributed by atoms with Crippen molar-refractivity contribution >= 4 is 22.6 Å². The Morgan fingerprint density at radius 3 is 2.08 bits per heavy atom. The summed E-state index contributed by atoms with van der Waals surface area (Å²) in [6.45, 7) is 7.92. The summed E-state index contributed by atoms with van der Waals surface area (Å²) in [6.07, 6.45) is 2.38. The fraction of sp³-hybridized carbons (Fsp3) is 1.00. The van der Waals surface area contributed by atoms with Gasteiger partial charge in [-0.15, -0.1) is 0 Å². The molecule has 0 atom stereocenters. The van der Waals surface area contributed by atoms with Crippen molar-refractivity contribution in [3.05, 3.63) is 0 Å². The summed E-state index contributed by atoms with van der Waals surface area (Å²) in [5.74, 6) is 0. The van der Waals surface area contributed by atoms with Crippen LogP contribution in [0.1, 0.15) is 26.7 Å². The van der Waals surface area contributed by atoms with Crippen molar-refractivity contribution in [3.8, 4) is 0 Å². The van der Waals surface area contributed by atoms with Crippen LogP contribution in [-0.4, -0.2) is 35.0 Å². The first-order chi connectivity index (χ1) is 5.74. The predicted molar refractivity (Wildman–Crippen MR) is 63.9 cm³/mol. The molecule has 0 radical (unpaired) electrons. The minimum absolute atomic E-state index is 0.479. The maximum atomic E-state index is 5.72. The van der Waals surface area contributed by atoms with E-state index in [9.17, 15) is 0 Å². The maximum absolute atomic E-state index is 5.72. The van der Waals surface area contributed by atoms with E-state index in [1.807, 2.05) is 0 Å². The molecule has 0 aromatic heterocycles. The summed E-state index contributed by atoms with van der Waals surface area (Å²) in [7, 11) is 0. The zero-order valence-electron chi connectivity index (χ0n) is 8.22. The zero-order chi connectivity index (χ0) is 9.40. The van der Waals surface area contributed by atoms with Gasteiger partial charge in [-0.1, -0.05) is 36.4 Å². The normalized spacial score (nSPS) is 20.0. The summed E-state index contributed by atoms with van der Waals surface area (Å²) >= 11 is 2.29. The van der Waals surface area contributed by atoms with Crippen LogP contribution in [0.2, 0.25) is 0 Å². The molecule has 0 bridgehead atoms. The lowest BCUT2D eigenvalue weighted by Crippen LogP contribution is -2.39. The van der Waals surface area contributed by atoms with Crippen LogP contribution in [0.3, 0.4) is 0 Å². The van der Waals surface area contributed by atoms with Gasteiger partial charge in [0.25, 0.3) is 0 Å². The monoisotopic (exact) mass is 284 g/mol. The van der Waals surface area contributed by atoms with Gasteiger partial charge in [-0.2, -0.15) is 0 Å². The molecule has 3 heteroatoms. The molecular formula is C9H21IN2. The molecule has 1 heterocycles. The van der Waals surface area contributed by atoms with E-state index >= 15 is 0 Å². The Labute approximate surface area is 90.0 Å². The van der Waals surface area contributed by atoms with E-state index in [0.29, 0.717) is 6.04 Å². The first kappa shape index (κ1) is 12.7.